The first-order chi connectivity index (χ1) is 6.25. The van der Waals surface area contributed by atoms with Crippen LogP contribution in [-0.2, 0) is 14.3 Å². The smallest absolute Gasteiger partial charge is 0.331 e. The molecule has 0 saturated heterocycles. The molecule has 4 heteroatoms. The third-order valence-electron chi connectivity index (χ3n) is 2.12. The number of rotatable bonds is 4. The Labute approximate surface area is 83.6 Å². The predicted octanol–water partition coefficient (Wildman–Crippen LogP) is 1.60. The second-order valence-corrected chi connectivity index (χ2v) is 3.85. The van der Waals surface area contributed by atoms with Crippen molar-refractivity contribution in [2.24, 2.45) is 5.92 Å². The van der Waals surface area contributed by atoms with Crippen LogP contribution in [-0.4, -0.2) is 22.6 Å². The molecule has 0 heterocycles. The molecule has 0 bridgehead atoms. The van der Waals surface area contributed by atoms with Gasteiger partial charge in [0.25, 0.3) is 0 Å². The van der Waals surface area contributed by atoms with E-state index in [0.29, 0.717) is 0 Å². The molecule has 0 saturated carbocycles. The topological polar surface area (TPSA) is 63.6 Å². The Balaban J connectivity index is 4.26. The Morgan fingerprint density at radius 2 is 1.79 bits per heavy atom. The molecule has 0 atom stereocenters. The SMILES string of the molecule is CC(C)C(C)(C)OC(=O)/C=C/C(=O)O. The average molecular weight is 200 g/mol. The van der Waals surface area contributed by atoms with Crippen LogP contribution in [0.1, 0.15) is 27.7 Å². The van der Waals surface area contributed by atoms with Crippen LogP contribution < -0.4 is 0 Å². The number of aliphatic carboxylic acids is 1. The monoisotopic (exact) mass is 200 g/mol. The molecule has 0 fully saturated rings. The van der Waals surface area contributed by atoms with Gasteiger partial charge in [0.2, 0.25) is 0 Å². The fourth-order valence-electron chi connectivity index (χ4n) is 0.550. The standard InChI is InChI=1S/C10H16O4/c1-7(2)10(3,4)14-9(13)6-5-8(11)12/h5-7H,1-4H3,(H,11,12)/b6-5+. The largest absolute Gasteiger partial charge is 0.478 e. The summed E-state index contributed by atoms with van der Waals surface area (Å²) < 4.78 is 5.06. The third-order valence-corrected chi connectivity index (χ3v) is 2.12. The van der Waals surface area contributed by atoms with Gasteiger partial charge >= 0.3 is 11.9 Å². The molecule has 4 nitrogen and oxygen atoms in total. The molecule has 14 heavy (non-hydrogen) atoms. The van der Waals surface area contributed by atoms with Gasteiger partial charge in [0, 0.05) is 12.2 Å². The van der Waals surface area contributed by atoms with Gasteiger partial charge in [-0.25, -0.2) is 9.59 Å². The summed E-state index contributed by atoms with van der Waals surface area (Å²) in [5.41, 5.74) is -0.583. The van der Waals surface area contributed by atoms with E-state index in [9.17, 15) is 9.59 Å². The normalized spacial score (nSPS) is 12.1. The molecule has 0 aromatic carbocycles. The first-order valence-corrected chi connectivity index (χ1v) is 4.39. The average Bonchev–Trinajstić information content (AvgIpc) is 1.99. The minimum absolute atomic E-state index is 0.171. The Hall–Kier alpha value is -1.32. The van der Waals surface area contributed by atoms with Crippen LogP contribution in [0.15, 0.2) is 12.2 Å². The number of carboxylic acids is 1. The summed E-state index contributed by atoms with van der Waals surface area (Å²) in [6, 6.07) is 0. The highest BCUT2D eigenvalue weighted by Gasteiger charge is 2.25. The summed E-state index contributed by atoms with van der Waals surface area (Å²) in [5, 5.41) is 8.28. The van der Waals surface area contributed by atoms with E-state index < -0.39 is 17.5 Å². The molecule has 0 aromatic rings. The summed E-state index contributed by atoms with van der Waals surface area (Å²) in [5.74, 6) is -1.62. The molecule has 0 radical (unpaired) electrons. The molecule has 0 aromatic heterocycles. The summed E-state index contributed by atoms with van der Waals surface area (Å²) in [4.78, 5) is 21.2. The zero-order chi connectivity index (χ0) is 11.4. The molecule has 0 unspecified atom stereocenters. The Bertz CT molecular complexity index is 251. The van der Waals surface area contributed by atoms with Crippen LogP contribution in [0.4, 0.5) is 0 Å². The molecule has 0 aliphatic carbocycles. The van der Waals surface area contributed by atoms with E-state index in [1.54, 1.807) is 13.8 Å². The number of ether oxygens (including phenoxy) is 1. The van der Waals surface area contributed by atoms with Crippen molar-refractivity contribution >= 4 is 11.9 Å². The summed E-state index contributed by atoms with van der Waals surface area (Å²) in [6.45, 7) is 7.41. The molecule has 80 valence electrons. The molecule has 0 aliphatic rings. The molecule has 0 amide bonds. The van der Waals surface area contributed by atoms with Gasteiger partial charge in [-0.1, -0.05) is 13.8 Å². The van der Waals surface area contributed by atoms with Gasteiger partial charge in [0.15, 0.2) is 0 Å². The van der Waals surface area contributed by atoms with Crippen LogP contribution in [0, 0.1) is 5.92 Å². The number of hydrogen-bond donors (Lipinski definition) is 1. The van der Waals surface area contributed by atoms with Crippen LogP contribution in [0.5, 0.6) is 0 Å². The van der Waals surface area contributed by atoms with Crippen LogP contribution in [0.2, 0.25) is 0 Å². The fourth-order valence-corrected chi connectivity index (χ4v) is 0.550. The van der Waals surface area contributed by atoms with Gasteiger partial charge in [-0.3, -0.25) is 0 Å². The first-order valence-electron chi connectivity index (χ1n) is 4.39. The highest BCUT2D eigenvalue weighted by atomic mass is 16.6. The first kappa shape index (κ1) is 12.7. The maximum absolute atomic E-state index is 11.1. The van der Waals surface area contributed by atoms with Crippen molar-refractivity contribution in [2.75, 3.05) is 0 Å². The van der Waals surface area contributed by atoms with Crippen molar-refractivity contribution in [2.45, 2.75) is 33.3 Å². The van der Waals surface area contributed by atoms with Crippen molar-refractivity contribution in [3.05, 3.63) is 12.2 Å². The Kier molecular flexibility index (Phi) is 4.34. The second-order valence-electron chi connectivity index (χ2n) is 3.85. The van der Waals surface area contributed by atoms with Gasteiger partial charge in [0.1, 0.15) is 5.60 Å². The van der Waals surface area contributed by atoms with Crippen molar-refractivity contribution in [1.82, 2.24) is 0 Å². The zero-order valence-electron chi connectivity index (χ0n) is 8.90. The Morgan fingerprint density at radius 3 is 2.14 bits per heavy atom. The third kappa shape index (κ3) is 4.64. The minimum Gasteiger partial charge on any atom is -0.478 e. The maximum Gasteiger partial charge on any atom is 0.331 e. The highest BCUT2D eigenvalue weighted by Crippen LogP contribution is 2.20. The summed E-state index contributed by atoms with van der Waals surface area (Å²) in [7, 11) is 0. The number of esters is 1. The molecule has 0 spiro atoms. The lowest BCUT2D eigenvalue weighted by molar-refractivity contribution is -0.154. The number of carboxylic acid groups (broad SMARTS) is 1. The van der Waals surface area contributed by atoms with E-state index in [1.807, 2.05) is 13.8 Å². The Morgan fingerprint density at radius 1 is 1.29 bits per heavy atom. The maximum atomic E-state index is 11.1. The summed E-state index contributed by atoms with van der Waals surface area (Å²) >= 11 is 0. The lowest BCUT2D eigenvalue weighted by Crippen LogP contribution is -2.33. The van der Waals surface area contributed by atoms with Crippen LogP contribution >= 0.6 is 0 Å². The fraction of sp³-hybridized carbons (Fsp3) is 0.600. The molecule has 0 rings (SSSR count). The number of carbonyl (C=O) groups excluding carboxylic acids is 1. The quantitative estimate of drug-likeness (QED) is 0.553. The van der Waals surface area contributed by atoms with Crippen molar-refractivity contribution in [3.63, 3.8) is 0 Å². The molecule has 1 N–H and O–H groups in total. The minimum atomic E-state index is -1.16. The lowest BCUT2D eigenvalue weighted by atomic mass is 9.95. The molecule has 0 aliphatic heterocycles. The van der Waals surface area contributed by atoms with Crippen molar-refractivity contribution in [1.29, 1.82) is 0 Å². The van der Waals surface area contributed by atoms with E-state index in [2.05, 4.69) is 0 Å². The number of hydrogen-bond acceptors (Lipinski definition) is 3. The number of carbonyl (C=O) groups is 2. The van der Waals surface area contributed by atoms with Crippen molar-refractivity contribution < 1.29 is 19.4 Å². The predicted molar refractivity (Wildman–Crippen MR) is 51.8 cm³/mol. The van der Waals surface area contributed by atoms with Gasteiger partial charge < -0.3 is 9.84 Å². The van der Waals surface area contributed by atoms with E-state index in [4.69, 9.17) is 9.84 Å². The van der Waals surface area contributed by atoms with Crippen LogP contribution in [0.3, 0.4) is 0 Å². The lowest BCUT2D eigenvalue weighted by Gasteiger charge is -2.28. The van der Waals surface area contributed by atoms with Crippen molar-refractivity contribution in [3.8, 4) is 0 Å². The van der Waals surface area contributed by atoms with E-state index in [-0.39, 0.29) is 5.92 Å². The summed E-state index contributed by atoms with van der Waals surface area (Å²) in [6.07, 6.45) is 1.67. The van der Waals surface area contributed by atoms with Gasteiger partial charge in [-0.15, -0.1) is 0 Å². The molecular formula is C10H16O4. The van der Waals surface area contributed by atoms with E-state index in [0.717, 1.165) is 12.2 Å². The zero-order valence-corrected chi connectivity index (χ0v) is 8.90. The highest BCUT2D eigenvalue weighted by molar-refractivity contribution is 5.90. The van der Waals surface area contributed by atoms with E-state index >= 15 is 0 Å². The van der Waals surface area contributed by atoms with Gasteiger partial charge in [0.05, 0.1) is 0 Å². The second kappa shape index (κ2) is 4.79. The van der Waals surface area contributed by atoms with Gasteiger partial charge in [-0.2, -0.15) is 0 Å². The molecular weight excluding hydrogens is 184 g/mol. The van der Waals surface area contributed by atoms with Crippen LogP contribution in [0.25, 0.3) is 0 Å². The van der Waals surface area contributed by atoms with E-state index in [1.165, 1.54) is 0 Å². The van der Waals surface area contributed by atoms with Gasteiger partial charge in [-0.05, 0) is 19.8 Å².